The average molecular weight is 941 g/mol. The highest BCUT2D eigenvalue weighted by Crippen LogP contribution is 2.17. The van der Waals surface area contributed by atoms with E-state index in [0.29, 0.717) is 19.4 Å². The molecule has 0 aromatic rings. The third-order valence-corrected chi connectivity index (χ3v) is 13.3. The molecule has 6 nitrogen and oxygen atoms in total. The minimum atomic E-state index is -0.864. The van der Waals surface area contributed by atoms with Crippen molar-refractivity contribution >= 4 is 11.9 Å². The van der Waals surface area contributed by atoms with E-state index in [4.69, 9.17) is 4.74 Å². The number of ether oxygens (including phenoxy) is 1. The van der Waals surface area contributed by atoms with Crippen molar-refractivity contribution in [2.24, 2.45) is 0 Å². The van der Waals surface area contributed by atoms with Crippen LogP contribution in [0, 0.1) is 0 Å². The number of rotatable bonds is 54. The van der Waals surface area contributed by atoms with Crippen molar-refractivity contribution in [2.75, 3.05) is 13.2 Å². The Kier molecular flexibility index (Phi) is 54.6. The standard InChI is InChI=1S/C61H113NO5/c1-3-5-7-9-11-13-15-17-18-19-20-21-22-23-24-25-26-27-28-30-33-37-41-45-49-53-59(64)58(57-63)62-60(65)54-50-46-42-38-34-31-32-36-40-44-48-52-56-67-61(66)55-51-47-43-39-35-29-16-14-12-10-8-6-4-2/h8,10,14,16,32,36,49,53,58-59,63-64H,3-7,9,11-13,15,17-31,33-35,37-48,50-52,54-57H2,1-2H3,(H,62,65)/b10-8-,16-14-,36-32-,53-49+. The highest BCUT2D eigenvalue weighted by atomic mass is 16.5. The Balaban J connectivity index is 3.54. The molecule has 0 radical (unpaired) electrons. The number of carbonyl (C=O) groups is 2. The number of allylic oxidation sites excluding steroid dienone is 7. The van der Waals surface area contributed by atoms with E-state index >= 15 is 0 Å². The average Bonchev–Trinajstić information content (AvgIpc) is 3.33. The van der Waals surface area contributed by atoms with Gasteiger partial charge in [0.25, 0.3) is 0 Å². The van der Waals surface area contributed by atoms with Gasteiger partial charge in [0.1, 0.15) is 0 Å². The molecule has 1 amide bonds. The summed E-state index contributed by atoms with van der Waals surface area (Å²) in [7, 11) is 0. The lowest BCUT2D eigenvalue weighted by Crippen LogP contribution is -2.45. The number of unbranched alkanes of at least 4 members (excludes halogenated alkanes) is 37. The van der Waals surface area contributed by atoms with Gasteiger partial charge in [0, 0.05) is 12.8 Å². The van der Waals surface area contributed by atoms with Crippen molar-refractivity contribution in [3.8, 4) is 0 Å². The molecule has 0 saturated heterocycles. The van der Waals surface area contributed by atoms with Gasteiger partial charge >= 0.3 is 5.97 Å². The van der Waals surface area contributed by atoms with Gasteiger partial charge in [-0.1, -0.05) is 249 Å². The lowest BCUT2D eigenvalue weighted by molar-refractivity contribution is -0.143. The molecule has 0 bridgehead atoms. The fraction of sp³-hybridized carbons (Fsp3) is 0.836. The summed E-state index contributed by atoms with van der Waals surface area (Å²) in [6.07, 6.45) is 71.4. The number of hydrogen-bond acceptors (Lipinski definition) is 5. The van der Waals surface area contributed by atoms with Gasteiger partial charge in [0.2, 0.25) is 5.91 Å². The Morgan fingerprint density at radius 2 is 0.776 bits per heavy atom. The van der Waals surface area contributed by atoms with E-state index in [9.17, 15) is 19.8 Å². The molecular weight excluding hydrogens is 827 g/mol. The van der Waals surface area contributed by atoms with E-state index in [2.05, 4.69) is 55.6 Å². The zero-order valence-electron chi connectivity index (χ0n) is 44.6. The summed E-state index contributed by atoms with van der Waals surface area (Å²) in [5, 5.41) is 23.2. The van der Waals surface area contributed by atoms with Crippen LogP contribution in [0.15, 0.2) is 48.6 Å². The third kappa shape index (κ3) is 53.0. The van der Waals surface area contributed by atoms with Gasteiger partial charge in [-0.05, 0) is 89.9 Å². The Labute approximate surface area is 416 Å². The maximum Gasteiger partial charge on any atom is 0.305 e. The second-order valence-corrected chi connectivity index (χ2v) is 20.0. The van der Waals surface area contributed by atoms with Crippen LogP contribution in [0.3, 0.4) is 0 Å². The van der Waals surface area contributed by atoms with E-state index in [1.54, 1.807) is 6.08 Å². The summed E-state index contributed by atoms with van der Waals surface area (Å²) in [4.78, 5) is 24.5. The molecule has 0 fully saturated rings. The molecular formula is C61H113NO5. The molecule has 392 valence electrons. The number of aliphatic hydroxyl groups is 2. The van der Waals surface area contributed by atoms with E-state index in [0.717, 1.165) is 103 Å². The molecule has 3 N–H and O–H groups in total. The summed E-state index contributed by atoms with van der Waals surface area (Å²) < 4.78 is 5.43. The SMILES string of the molecule is CCC/C=C\C/C=C\CCCCCCCC(=O)OCCCCC/C=C\CCCCCCCC(=O)NC(CO)C(O)/C=C/CCCCCCCCCCCCCCCCCCCCCCCCC. The second kappa shape index (κ2) is 56.4. The molecule has 0 aliphatic rings. The first-order valence-electron chi connectivity index (χ1n) is 29.4. The minimum absolute atomic E-state index is 0.0397. The first kappa shape index (κ1) is 64.8. The molecule has 0 saturated carbocycles. The number of hydrogen-bond donors (Lipinski definition) is 3. The van der Waals surface area contributed by atoms with Crippen LogP contribution in [0.25, 0.3) is 0 Å². The largest absolute Gasteiger partial charge is 0.466 e. The Morgan fingerprint density at radius 3 is 1.21 bits per heavy atom. The molecule has 0 aliphatic heterocycles. The summed E-state index contributed by atoms with van der Waals surface area (Å²) >= 11 is 0. The van der Waals surface area contributed by atoms with Gasteiger partial charge in [-0.15, -0.1) is 0 Å². The molecule has 0 rings (SSSR count). The summed E-state index contributed by atoms with van der Waals surface area (Å²) in [5.74, 6) is -0.133. The number of aliphatic hydroxyl groups excluding tert-OH is 2. The van der Waals surface area contributed by atoms with E-state index in [-0.39, 0.29) is 18.5 Å². The van der Waals surface area contributed by atoms with Crippen LogP contribution < -0.4 is 5.32 Å². The lowest BCUT2D eigenvalue weighted by atomic mass is 10.0. The number of carbonyl (C=O) groups excluding carboxylic acids is 2. The van der Waals surface area contributed by atoms with Gasteiger partial charge in [-0.3, -0.25) is 9.59 Å². The van der Waals surface area contributed by atoms with Crippen LogP contribution in [0.5, 0.6) is 0 Å². The third-order valence-electron chi connectivity index (χ3n) is 13.3. The van der Waals surface area contributed by atoms with Crippen LogP contribution >= 0.6 is 0 Å². The van der Waals surface area contributed by atoms with Gasteiger partial charge in [-0.25, -0.2) is 0 Å². The molecule has 0 aromatic carbocycles. The van der Waals surface area contributed by atoms with Gasteiger partial charge in [-0.2, -0.15) is 0 Å². The van der Waals surface area contributed by atoms with Crippen molar-refractivity contribution in [3.63, 3.8) is 0 Å². The van der Waals surface area contributed by atoms with E-state index < -0.39 is 12.1 Å². The molecule has 2 atom stereocenters. The zero-order chi connectivity index (χ0) is 48.6. The minimum Gasteiger partial charge on any atom is -0.466 e. The first-order chi connectivity index (χ1) is 33.0. The van der Waals surface area contributed by atoms with Crippen LogP contribution in [-0.4, -0.2) is 47.4 Å². The van der Waals surface area contributed by atoms with E-state index in [1.165, 1.54) is 173 Å². The predicted octanol–water partition coefficient (Wildman–Crippen LogP) is 18.2. The van der Waals surface area contributed by atoms with Crippen molar-refractivity contribution in [2.45, 2.75) is 315 Å². The number of esters is 1. The Morgan fingerprint density at radius 1 is 0.418 bits per heavy atom. The number of nitrogens with one attached hydrogen (secondary N) is 1. The van der Waals surface area contributed by atoms with Crippen LogP contribution in [0.1, 0.15) is 303 Å². The molecule has 0 aromatic heterocycles. The van der Waals surface area contributed by atoms with Crippen LogP contribution in [-0.2, 0) is 14.3 Å². The van der Waals surface area contributed by atoms with Crippen molar-refractivity contribution < 1.29 is 24.5 Å². The van der Waals surface area contributed by atoms with Crippen LogP contribution in [0.4, 0.5) is 0 Å². The molecule has 6 heteroatoms. The maximum atomic E-state index is 12.5. The van der Waals surface area contributed by atoms with E-state index in [1.807, 2.05) is 6.08 Å². The van der Waals surface area contributed by atoms with Crippen molar-refractivity contribution in [3.05, 3.63) is 48.6 Å². The summed E-state index contributed by atoms with van der Waals surface area (Å²) in [5.41, 5.74) is 0. The first-order valence-corrected chi connectivity index (χ1v) is 29.4. The van der Waals surface area contributed by atoms with Crippen molar-refractivity contribution in [1.29, 1.82) is 0 Å². The van der Waals surface area contributed by atoms with Gasteiger partial charge in [0.15, 0.2) is 0 Å². The molecule has 0 spiro atoms. The van der Waals surface area contributed by atoms with Gasteiger partial charge in [0.05, 0.1) is 25.4 Å². The Bertz CT molecular complexity index is 1130. The fourth-order valence-corrected chi connectivity index (χ4v) is 8.78. The molecule has 67 heavy (non-hydrogen) atoms. The smallest absolute Gasteiger partial charge is 0.305 e. The van der Waals surface area contributed by atoms with Gasteiger partial charge < -0.3 is 20.3 Å². The summed E-state index contributed by atoms with van der Waals surface area (Å²) in [6, 6.07) is -0.650. The highest BCUT2D eigenvalue weighted by Gasteiger charge is 2.18. The molecule has 2 unspecified atom stereocenters. The monoisotopic (exact) mass is 940 g/mol. The summed E-state index contributed by atoms with van der Waals surface area (Å²) in [6.45, 7) is 4.78. The molecule has 0 heterocycles. The fourth-order valence-electron chi connectivity index (χ4n) is 8.78. The quantitative estimate of drug-likeness (QED) is 0.0321. The molecule has 0 aliphatic carbocycles. The highest BCUT2D eigenvalue weighted by molar-refractivity contribution is 5.76. The predicted molar refractivity (Wildman–Crippen MR) is 292 cm³/mol. The second-order valence-electron chi connectivity index (χ2n) is 20.0. The maximum absolute atomic E-state index is 12.5. The van der Waals surface area contributed by atoms with Crippen molar-refractivity contribution in [1.82, 2.24) is 5.32 Å². The Hall–Kier alpha value is -2.18. The number of amides is 1. The van der Waals surface area contributed by atoms with Crippen LogP contribution in [0.2, 0.25) is 0 Å². The topological polar surface area (TPSA) is 95.9 Å². The zero-order valence-corrected chi connectivity index (χ0v) is 44.6. The normalized spacial score (nSPS) is 13.0. The lowest BCUT2D eigenvalue weighted by Gasteiger charge is -2.20.